The van der Waals surface area contributed by atoms with Crippen LogP contribution in [0.4, 0.5) is 0 Å². The number of hydrogen-bond acceptors (Lipinski definition) is 8. The van der Waals surface area contributed by atoms with E-state index >= 15 is 0 Å². The third-order valence-electron chi connectivity index (χ3n) is 5.30. The molecule has 176 valence electrons. The Hall–Kier alpha value is -3.24. The highest BCUT2D eigenvalue weighted by Crippen LogP contribution is 2.40. The average Bonchev–Trinajstić information content (AvgIpc) is 3.13. The lowest BCUT2D eigenvalue weighted by Crippen LogP contribution is -2.40. The van der Waals surface area contributed by atoms with Crippen LogP contribution in [0, 0.1) is 0 Å². The van der Waals surface area contributed by atoms with Crippen molar-refractivity contribution in [2.24, 2.45) is 4.99 Å². The summed E-state index contributed by atoms with van der Waals surface area (Å²) in [4.78, 5) is 35.9. The summed E-state index contributed by atoms with van der Waals surface area (Å²) >= 11 is 4.84. The summed E-state index contributed by atoms with van der Waals surface area (Å²) in [6.45, 7) is 3.67. The van der Waals surface area contributed by atoms with Crippen molar-refractivity contribution in [2.75, 3.05) is 20.8 Å². The Labute approximate surface area is 208 Å². The van der Waals surface area contributed by atoms with Crippen molar-refractivity contribution in [3.05, 3.63) is 83.2 Å². The number of allylic oxidation sites excluding steroid dienone is 1. The molecule has 1 aliphatic rings. The van der Waals surface area contributed by atoms with Crippen molar-refractivity contribution in [1.82, 2.24) is 9.55 Å². The first kappa shape index (κ1) is 23.9. The highest BCUT2D eigenvalue weighted by atomic mass is 79.9. The van der Waals surface area contributed by atoms with Gasteiger partial charge in [0.25, 0.3) is 5.56 Å². The lowest BCUT2D eigenvalue weighted by atomic mass is 9.95. The van der Waals surface area contributed by atoms with Gasteiger partial charge in [0.15, 0.2) is 16.3 Å². The minimum absolute atomic E-state index is 0.195. The molecule has 34 heavy (non-hydrogen) atoms. The molecule has 0 aliphatic carbocycles. The van der Waals surface area contributed by atoms with Gasteiger partial charge in [-0.3, -0.25) is 14.3 Å². The maximum atomic E-state index is 13.6. The van der Waals surface area contributed by atoms with Gasteiger partial charge in [0, 0.05) is 16.9 Å². The zero-order valence-corrected chi connectivity index (χ0v) is 21.4. The SMILES string of the molecule is CCOC(=O)C1=C(C)N=c2sc(=Cc3cccnc3)c(=O)n2C1c1cc(OC)c(OC)cc1Br. The molecule has 1 aliphatic heterocycles. The van der Waals surface area contributed by atoms with Crippen LogP contribution < -0.4 is 24.4 Å². The molecule has 3 heterocycles. The van der Waals surface area contributed by atoms with E-state index in [1.165, 1.54) is 23.0 Å². The number of rotatable bonds is 6. The zero-order chi connectivity index (χ0) is 24.4. The second-order valence-electron chi connectivity index (χ2n) is 7.32. The predicted octanol–water partition coefficient (Wildman–Crippen LogP) is 2.97. The monoisotopic (exact) mass is 543 g/mol. The number of pyridine rings is 1. The van der Waals surface area contributed by atoms with Crippen molar-refractivity contribution < 1.29 is 19.0 Å². The summed E-state index contributed by atoms with van der Waals surface area (Å²) in [6.07, 6.45) is 5.11. The first-order chi connectivity index (χ1) is 16.4. The number of nitrogens with zero attached hydrogens (tertiary/aromatic N) is 3. The largest absolute Gasteiger partial charge is 0.493 e. The molecule has 3 aromatic rings. The molecule has 8 nitrogen and oxygen atoms in total. The standard InChI is InChI=1S/C24H22BrN3O5S/c1-5-33-23(30)20-13(2)27-24-28(22(29)19(34-24)9-14-7-6-8-26-12-14)21(20)15-10-17(31-3)18(32-4)11-16(15)25/h6-12,21H,5H2,1-4H3. The van der Waals surface area contributed by atoms with E-state index in [0.717, 1.165) is 5.56 Å². The van der Waals surface area contributed by atoms with Crippen LogP contribution >= 0.6 is 27.3 Å². The molecular weight excluding hydrogens is 522 g/mol. The average molecular weight is 544 g/mol. The van der Waals surface area contributed by atoms with E-state index in [2.05, 4.69) is 25.9 Å². The molecule has 0 spiro atoms. The van der Waals surface area contributed by atoms with Gasteiger partial charge in [-0.2, -0.15) is 0 Å². The fraction of sp³-hybridized carbons (Fsp3) is 0.250. The number of benzene rings is 1. The van der Waals surface area contributed by atoms with Crippen LogP contribution in [-0.4, -0.2) is 36.3 Å². The Bertz CT molecular complexity index is 1460. The molecule has 1 unspecified atom stereocenters. The normalized spacial score (nSPS) is 15.6. The fourth-order valence-electron chi connectivity index (χ4n) is 3.78. The van der Waals surface area contributed by atoms with Crippen LogP contribution in [0.3, 0.4) is 0 Å². The molecular formula is C24H22BrN3O5S. The van der Waals surface area contributed by atoms with E-state index < -0.39 is 12.0 Å². The Morgan fingerprint density at radius 1 is 1.26 bits per heavy atom. The summed E-state index contributed by atoms with van der Waals surface area (Å²) < 4.78 is 18.9. The number of methoxy groups -OCH3 is 2. The number of esters is 1. The lowest BCUT2D eigenvalue weighted by Gasteiger charge is -2.26. The van der Waals surface area contributed by atoms with Gasteiger partial charge in [-0.05, 0) is 49.2 Å². The number of carbonyl (C=O) groups excluding carboxylic acids is 1. The Kier molecular flexibility index (Phi) is 6.99. The zero-order valence-electron chi connectivity index (χ0n) is 19.0. The minimum atomic E-state index is -0.777. The van der Waals surface area contributed by atoms with Gasteiger partial charge in [-0.25, -0.2) is 9.79 Å². The van der Waals surface area contributed by atoms with Gasteiger partial charge >= 0.3 is 5.97 Å². The van der Waals surface area contributed by atoms with Gasteiger partial charge in [-0.15, -0.1) is 0 Å². The number of hydrogen-bond donors (Lipinski definition) is 0. The van der Waals surface area contributed by atoms with E-state index in [1.807, 2.05) is 6.07 Å². The molecule has 0 radical (unpaired) electrons. The van der Waals surface area contributed by atoms with Gasteiger partial charge in [0.2, 0.25) is 0 Å². The van der Waals surface area contributed by atoms with Crippen LogP contribution in [0.2, 0.25) is 0 Å². The first-order valence-electron chi connectivity index (χ1n) is 10.4. The Morgan fingerprint density at radius 2 is 2.00 bits per heavy atom. The summed E-state index contributed by atoms with van der Waals surface area (Å²) in [5.41, 5.74) is 1.94. The molecule has 4 rings (SSSR count). The summed E-state index contributed by atoms with van der Waals surface area (Å²) in [6, 6.07) is 6.39. The lowest BCUT2D eigenvalue weighted by molar-refractivity contribution is -0.139. The van der Waals surface area contributed by atoms with E-state index in [-0.39, 0.29) is 17.7 Å². The van der Waals surface area contributed by atoms with Crippen molar-refractivity contribution in [2.45, 2.75) is 19.9 Å². The van der Waals surface area contributed by atoms with Crippen LogP contribution in [0.5, 0.6) is 11.5 Å². The fourth-order valence-corrected chi connectivity index (χ4v) is 5.36. The maximum Gasteiger partial charge on any atom is 0.338 e. The van der Waals surface area contributed by atoms with E-state index in [9.17, 15) is 9.59 Å². The molecule has 0 saturated heterocycles. The number of ether oxygens (including phenoxy) is 3. The number of thiazole rings is 1. The molecule has 1 aromatic carbocycles. The summed E-state index contributed by atoms with van der Waals surface area (Å²) in [7, 11) is 3.07. The van der Waals surface area contributed by atoms with E-state index in [1.54, 1.807) is 57.6 Å². The Balaban J connectivity index is 2.02. The molecule has 0 bridgehead atoms. The predicted molar refractivity (Wildman–Crippen MR) is 132 cm³/mol. The first-order valence-corrected chi connectivity index (χ1v) is 12.0. The molecule has 2 aromatic heterocycles. The minimum Gasteiger partial charge on any atom is -0.493 e. The molecule has 0 amide bonds. The molecule has 0 N–H and O–H groups in total. The van der Waals surface area contributed by atoms with Crippen LogP contribution in [0.25, 0.3) is 6.08 Å². The summed E-state index contributed by atoms with van der Waals surface area (Å²) in [5, 5.41) is 0. The molecule has 0 fully saturated rings. The second-order valence-corrected chi connectivity index (χ2v) is 9.18. The number of aromatic nitrogens is 2. The number of halogens is 1. The molecule has 1 atom stereocenters. The van der Waals surface area contributed by atoms with E-state index in [4.69, 9.17) is 14.2 Å². The van der Waals surface area contributed by atoms with Crippen molar-refractivity contribution >= 4 is 39.3 Å². The van der Waals surface area contributed by atoms with Gasteiger partial charge < -0.3 is 14.2 Å². The van der Waals surface area contributed by atoms with Crippen molar-refractivity contribution in [1.29, 1.82) is 0 Å². The quantitative estimate of drug-likeness (QED) is 0.444. The van der Waals surface area contributed by atoms with Crippen molar-refractivity contribution in [3.63, 3.8) is 0 Å². The summed E-state index contributed by atoms with van der Waals surface area (Å²) in [5.74, 6) is 0.452. The van der Waals surface area contributed by atoms with Gasteiger partial charge in [0.1, 0.15) is 0 Å². The van der Waals surface area contributed by atoms with Crippen LogP contribution in [0.1, 0.15) is 31.0 Å². The third kappa shape index (κ3) is 4.30. The van der Waals surface area contributed by atoms with Gasteiger partial charge in [0.05, 0.1) is 42.7 Å². The number of fused-ring (bicyclic) bond motifs is 1. The van der Waals surface area contributed by atoms with Crippen LogP contribution in [0.15, 0.2) is 62.2 Å². The number of carbonyl (C=O) groups is 1. The van der Waals surface area contributed by atoms with E-state index in [0.29, 0.717) is 36.6 Å². The van der Waals surface area contributed by atoms with Gasteiger partial charge in [-0.1, -0.05) is 33.3 Å². The Morgan fingerprint density at radius 3 is 2.65 bits per heavy atom. The van der Waals surface area contributed by atoms with Crippen molar-refractivity contribution in [3.8, 4) is 11.5 Å². The highest BCUT2D eigenvalue weighted by Gasteiger charge is 2.35. The topological polar surface area (TPSA) is 92.0 Å². The highest BCUT2D eigenvalue weighted by molar-refractivity contribution is 9.10. The smallest absolute Gasteiger partial charge is 0.338 e. The molecule has 0 saturated carbocycles. The third-order valence-corrected chi connectivity index (χ3v) is 6.97. The maximum absolute atomic E-state index is 13.6. The second kappa shape index (κ2) is 9.94. The molecule has 10 heteroatoms. The van der Waals surface area contributed by atoms with Crippen LogP contribution in [-0.2, 0) is 9.53 Å².